The molecule has 148 valence electrons. The number of alkyl halides is 3. The van der Waals surface area contributed by atoms with Crippen molar-refractivity contribution in [3.05, 3.63) is 47.5 Å². The number of hydrogen-bond acceptors (Lipinski definition) is 5. The topological polar surface area (TPSA) is 58.5 Å². The first-order valence-electron chi connectivity index (χ1n) is 9.07. The number of fused-ring (bicyclic) bond motifs is 1. The minimum absolute atomic E-state index is 0.170. The molecule has 1 aliphatic heterocycles. The molecule has 0 amide bonds. The molecule has 5 nitrogen and oxygen atoms in total. The summed E-state index contributed by atoms with van der Waals surface area (Å²) in [5, 5.41) is 4.28. The summed E-state index contributed by atoms with van der Waals surface area (Å²) in [6, 6.07) is 9.36. The van der Waals surface area contributed by atoms with E-state index in [9.17, 15) is 13.2 Å². The number of halogens is 3. The Hall–Kier alpha value is -2.58. The summed E-state index contributed by atoms with van der Waals surface area (Å²) in [7, 11) is 2.05. The molecule has 2 N–H and O–H groups in total. The van der Waals surface area contributed by atoms with E-state index in [4.69, 9.17) is 10.3 Å². The van der Waals surface area contributed by atoms with Gasteiger partial charge in [-0.1, -0.05) is 17.3 Å². The maximum absolute atomic E-state index is 13.6. The van der Waals surface area contributed by atoms with Gasteiger partial charge in [-0.25, -0.2) is 0 Å². The van der Waals surface area contributed by atoms with Gasteiger partial charge in [0.05, 0.1) is 10.9 Å². The van der Waals surface area contributed by atoms with Gasteiger partial charge in [0.25, 0.3) is 0 Å². The number of nitrogens with zero attached hydrogens (tertiary/aromatic N) is 3. The first-order chi connectivity index (χ1) is 13.3. The highest BCUT2D eigenvalue weighted by atomic mass is 19.4. The molecule has 0 bridgehead atoms. The van der Waals surface area contributed by atoms with Crippen molar-refractivity contribution < 1.29 is 17.7 Å². The summed E-state index contributed by atoms with van der Waals surface area (Å²) in [4.78, 5) is 4.39. The minimum atomic E-state index is -4.43. The lowest BCUT2D eigenvalue weighted by Crippen LogP contribution is -2.43. The van der Waals surface area contributed by atoms with Crippen LogP contribution >= 0.6 is 0 Å². The lowest BCUT2D eigenvalue weighted by Gasteiger charge is -2.32. The lowest BCUT2D eigenvalue weighted by atomic mass is 9.96. The first kappa shape index (κ1) is 18.8. The van der Waals surface area contributed by atoms with E-state index >= 15 is 0 Å². The van der Waals surface area contributed by atoms with E-state index in [2.05, 4.69) is 15.0 Å². The van der Waals surface area contributed by atoms with Crippen LogP contribution in [0, 0.1) is 0 Å². The SMILES string of the molecule is CN1CCN(Cc2cc(-c3cccc4onc(N)c34)cc(C(F)(F)F)c2)CC1. The molecule has 1 aliphatic rings. The first-order valence-corrected chi connectivity index (χ1v) is 9.07. The molecule has 28 heavy (non-hydrogen) atoms. The summed E-state index contributed by atoms with van der Waals surface area (Å²) in [5.41, 5.74) is 7.35. The van der Waals surface area contributed by atoms with Gasteiger partial charge in [-0.15, -0.1) is 0 Å². The van der Waals surface area contributed by atoms with E-state index in [1.807, 2.05) is 7.05 Å². The van der Waals surface area contributed by atoms with E-state index in [1.54, 1.807) is 24.3 Å². The smallest absolute Gasteiger partial charge is 0.380 e. The number of rotatable bonds is 3. The molecule has 1 fully saturated rings. The fraction of sp³-hybridized carbons (Fsp3) is 0.350. The van der Waals surface area contributed by atoms with E-state index in [0.717, 1.165) is 32.2 Å². The number of aromatic nitrogens is 1. The zero-order chi connectivity index (χ0) is 19.9. The van der Waals surface area contributed by atoms with E-state index < -0.39 is 11.7 Å². The van der Waals surface area contributed by atoms with Gasteiger partial charge in [0.2, 0.25) is 0 Å². The third-order valence-corrected chi connectivity index (χ3v) is 5.16. The second kappa shape index (κ2) is 7.10. The molecule has 0 radical (unpaired) electrons. The number of benzene rings is 2. The Bertz CT molecular complexity index is 991. The van der Waals surface area contributed by atoms with Crippen molar-refractivity contribution in [2.75, 3.05) is 39.0 Å². The summed E-state index contributed by atoms with van der Waals surface area (Å²) in [6.45, 7) is 3.94. The average molecular weight is 390 g/mol. The van der Waals surface area contributed by atoms with Crippen molar-refractivity contribution in [1.29, 1.82) is 0 Å². The largest absolute Gasteiger partial charge is 0.416 e. The monoisotopic (exact) mass is 390 g/mol. The molecule has 0 saturated carbocycles. The van der Waals surface area contributed by atoms with Crippen LogP contribution in [0.3, 0.4) is 0 Å². The number of nitrogen functional groups attached to an aromatic ring is 1. The molecular weight excluding hydrogens is 369 g/mol. The minimum Gasteiger partial charge on any atom is -0.380 e. The summed E-state index contributed by atoms with van der Waals surface area (Å²) >= 11 is 0. The zero-order valence-corrected chi connectivity index (χ0v) is 15.5. The second-order valence-corrected chi connectivity index (χ2v) is 7.24. The van der Waals surface area contributed by atoms with Gasteiger partial charge < -0.3 is 15.2 Å². The molecular formula is C20H21F3N4O. The fourth-order valence-corrected chi connectivity index (χ4v) is 3.62. The molecule has 2 aromatic carbocycles. The highest BCUT2D eigenvalue weighted by Gasteiger charge is 2.32. The number of anilines is 1. The molecule has 0 atom stereocenters. The normalized spacial score (nSPS) is 16.7. The number of likely N-dealkylation sites (N-methyl/N-ethyl adjacent to an activating group) is 1. The Labute approximate surface area is 160 Å². The Balaban J connectivity index is 1.77. The predicted molar refractivity (Wildman–Crippen MR) is 102 cm³/mol. The summed E-state index contributed by atoms with van der Waals surface area (Å²) in [5.74, 6) is 0.170. The fourth-order valence-electron chi connectivity index (χ4n) is 3.62. The van der Waals surface area contributed by atoms with Crippen LogP contribution in [-0.4, -0.2) is 48.2 Å². The van der Waals surface area contributed by atoms with Crippen LogP contribution in [0.25, 0.3) is 22.1 Å². The molecule has 0 unspecified atom stereocenters. The summed E-state index contributed by atoms with van der Waals surface area (Å²) in [6.07, 6.45) is -4.43. The molecule has 8 heteroatoms. The number of piperazine rings is 1. The molecule has 2 heterocycles. The van der Waals surface area contributed by atoms with E-state index in [0.29, 0.717) is 34.2 Å². The van der Waals surface area contributed by atoms with Crippen LogP contribution < -0.4 is 5.73 Å². The average Bonchev–Trinajstić information content (AvgIpc) is 3.04. The highest BCUT2D eigenvalue weighted by molar-refractivity contribution is 6.00. The van der Waals surface area contributed by atoms with Crippen LogP contribution in [0.5, 0.6) is 0 Å². The Morgan fingerprint density at radius 2 is 1.86 bits per heavy atom. The van der Waals surface area contributed by atoms with E-state index in [-0.39, 0.29) is 5.82 Å². The van der Waals surface area contributed by atoms with Crippen LogP contribution in [-0.2, 0) is 12.7 Å². The van der Waals surface area contributed by atoms with Crippen LogP contribution in [0.2, 0.25) is 0 Å². The Kier molecular flexibility index (Phi) is 4.76. The zero-order valence-electron chi connectivity index (χ0n) is 15.5. The maximum Gasteiger partial charge on any atom is 0.416 e. The van der Waals surface area contributed by atoms with Crippen LogP contribution in [0.4, 0.5) is 19.0 Å². The van der Waals surface area contributed by atoms with Crippen molar-refractivity contribution in [2.45, 2.75) is 12.7 Å². The predicted octanol–water partition coefficient (Wildman–Crippen LogP) is 3.84. The van der Waals surface area contributed by atoms with Crippen molar-refractivity contribution >= 4 is 16.8 Å². The van der Waals surface area contributed by atoms with Gasteiger partial charge in [0.1, 0.15) is 0 Å². The third kappa shape index (κ3) is 3.70. The van der Waals surface area contributed by atoms with Gasteiger partial charge in [0.15, 0.2) is 11.4 Å². The third-order valence-electron chi connectivity index (χ3n) is 5.16. The standard InChI is InChI=1S/C20H21F3N4O/c1-26-5-7-27(8-6-26)12-13-9-14(11-15(10-13)20(21,22)23)16-3-2-4-17-18(16)19(24)25-28-17/h2-4,9-11H,5-8,12H2,1H3,(H2,24,25). The number of hydrogen-bond donors (Lipinski definition) is 1. The second-order valence-electron chi connectivity index (χ2n) is 7.24. The van der Waals surface area contributed by atoms with Gasteiger partial charge in [-0.2, -0.15) is 13.2 Å². The Morgan fingerprint density at radius 3 is 2.57 bits per heavy atom. The summed E-state index contributed by atoms with van der Waals surface area (Å²) < 4.78 is 45.8. The molecule has 4 rings (SSSR count). The Morgan fingerprint density at radius 1 is 1.11 bits per heavy atom. The van der Waals surface area contributed by atoms with Gasteiger partial charge in [0, 0.05) is 32.7 Å². The van der Waals surface area contributed by atoms with Crippen molar-refractivity contribution in [2.24, 2.45) is 0 Å². The van der Waals surface area contributed by atoms with E-state index in [1.165, 1.54) is 6.07 Å². The van der Waals surface area contributed by atoms with Crippen molar-refractivity contribution in [1.82, 2.24) is 15.0 Å². The van der Waals surface area contributed by atoms with Crippen LogP contribution in [0.1, 0.15) is 11.1 Å². The van der Waals surface area contributed by atoms with Gasteiger partial charge >= 0.3 is 6.18 Å². The molecule has 1 saturated heterocycles. The molecule has 0 aliphatic carbocycles. The van der Waals surface area contributed by atoms with Crippen molar-refractivity contribution in [3.8, 4) is 11.1 Å². The quantitative estimate of drug-likeness (QED) is 0.736. The maximum atomic E-state index is 13.6. The van der Waals surface area contributed by atoms with Gasteiger partial charge in [-0.3, -0.25) is 4.90 Å². The highest BCUT2D eigenvalue weighted by Crippen LogP contribution is 2.37. The molecule has 0 spiro atoms. The van der Waals surface area contributed by atoms with Crippen LogP contribution in [0.15, 0.2) is 40.9 Å². The lowest BCUT2D eigenvalue weighted by molar-refractivity contribution is -0.137. The van der Waals surface area contributed by atoms with Crippen molar-refractivity contribution in [3.63, 3.8) is 0 Å². The molecule has 1 aromatic heterocycles. The number of nitrogens with two attached hydrogens (primary N) is 1. The molecule has 3 aromatic rings. The van der Waals surface area contributed by atoms with Gasteiger partial charge in [-0.05, 0) is 48.0 Å².